The molecule has 0 bridgehead atoms. The third kappa shape index (κ3) is 6.31. The number of anilines is 1. The van der Waals surface area contributed by atoms with Gasteiger partial charge in [-0.3, -0.25) is 4.79 Å². The summed E-state index contributed by atoms with van der Waals surface area (Å²) in [6.45, 7) is -0.687. The van der Waals surface area contributed by atoms with Crippen LogP contribution in [0.3, 0.4) is 0 Å². The van der Waals surface area contributed by atoms with E-state index in [4.69, 9.17) is 21.1 Å². The molecule has 0 aliphatic carbocycles. The first-order valence-electron chi connectivity index (χ1n) is 7.84. The number of carbonyl (C=O) groups excluding carboxylic acids is 2. The molecule has 1 amide bonds. The fourth-order valence-corrected chi connectivity index (χ4v) is 2.24. The van der Waals surface area contributed by atoms with E-state index in [-0.39, 0.29) is 10.7 Å². The molecule has 2 aromatic rings. The van der Waals surface area contributed by atoms with E-state index >= 15 is 0 Å². The average Bonchev–Trinajstić information content (AvgIpc) is 2.65. The van der Waals surface area contributed by atoms with E-state index in [1.165, 1.54) is 13.2 Å². The van der Waals surface area contributed by atoms with Crippen LogP contribution in [0.1, 0.15) is 11.1 Å². The first-order valence-corrected chi connectivity index (χ1v) is 8.22. The van der Waals surface area contributed by atoms with Crippen molar-refractivity contribution >= 4 is 35.2 Å². The SMILES string of the molecule is COc1cccc(/C=C/C(=O)OCC(=O)Nc2cc(C(F)(F)F)ccc2Cl)c1. The third-order valence-electron chi connectivity index (χ3n) is 3.42. The zero-order valence-corrected chi connectivity index (χ0v) is 15.3. The molecule has 148 valence electrons. The van der Waals surface area contributed by atoms with Crippen molar-refractivity contribution in [3.63, 3.8) is 0 Å². The molecule has 1 N–H and O–H groups in total. The highest BCUT2D eigenvalue weighted by Crippen LogP contribution is 2.33. The van der Waals surface area contributed by atoms with Gasteiger partial charge in [-0.15, -0.1) is 0 Å². The minimum absolute atomic E-state index is 0.0782. The topological polar surface area (TPSA) is 64.6 Å². The standard InChI is InChI=1S/C19H15ClF3NO4/c1-27-14-4-2-3-12(9-14)5-8-18(26)28-11-17(25)24-16-10-13(19(21,22)23)6-7-15(16)20/h2-10H,11H2,1H3,(H,24,25)/b8-5+. The van der Waals surface area contributed by atoms with E-state index in [2.05, 4.69) is 5.32 Å². The number of amides is 1. The lowest BCUT2D eigenvalue weighted by Gasteiger charge is -2.11. The molecule has 0 saturated carbocycles. The van der Waals surface area contributed by atoms with Crippen LogP contribution in [0.4, 0.5) is 18.9 Å². The highest BCUT2D eigenvalue weighted by atomic mass is 35.5. The van der Waals surface area contributed by atoms with Crippen molar-refractivity contribution in [1.29, 1.82) is 0 Å². The van der Waals surface area contributed by atoms with Crippen molar-refractivity contribution in [2.24, 2.45) is 0 Å². The van der Waals surface area contributed by atoms with E-state index in [1.807, 2.05) is 0 Å². The van der Waals surface area contributed by atoms with Gasteiger partial charge in [0.15, 0.2) is 6.61 Å². The number of ether oxygens (including phenoxy) is 2. The fraction of sp³-hybridized carbons (Fsp3) is 0.158. The van der Waals surface area contributed by atoms with Crippen molar-refractivity contribution in [1.82, 2.24) is 0 Å². The second-order valence-corrected chi connectivity index (χ2v) is 5.87. The van der Waals surface area contributed by atoms with Gasteiger partial charge < -0.3 is 14.8 Å². The average molecular weight is 414 g/mol. The van der Waals surface area contributed by atoms with Crippen LogP contribution < -0.4 is 10.1 Å². The number of methoxy groups -OCH3 is 1. The number of alkyl halides is 3. The number of hydrogen-bond donors (Lipinski definition) is 1. The Morgan fingerprint density at radius 2 is 1.93 bits per heavy atom. The molecule has 0 aliphatic heterocycles. The summed E-state index contributed by atoms with van der Waals surface area (Å²) >= 11 is 5.78. The molecule has 0 fully saturated rings. The quantitative estimate of drug-likeness (QED) is 0.557. The van der Waals surface area contributed by atoms with Crippen molar-refractivity contribution in [3.05, 3.63) is 64.7 Å². The van der Waals surface area contributed by atoms with Gasteiger partial charge in [0.25, 0.3) is 5.91 Å². The molecule has 0 spiro atoms. The normalized spacial score (nSPS) is 11.3. The van der Waals surface area contributed by atoms with Crippen molar-refractivity contribution in [3.8, 4) is 5.75 Å². The molecule has 0 radical (unpaired) electrons. The third-order valence-corrected chi connectivity index (χ3v) is 3.75. The van der Waals surface area contributed by atoms with Crippen LogP contribution in [-0.4, -0.2) is 25.6 Å². The number of carbonyl (C=O) groups is 2. The molecule has 0 saturated heterocycles. The molecule has 5 nitrogen and oxygen atoms in total. The Kier molecular flexibility index (Phi) is 7.06. The molecule has 2 aromatic carbocycles. The molecule has 0 unspecified atom stereocenters. The Morgan fingerprint density at radius 3 is 2.61 bits per heavy atom. The molecular weight excluding hydrogens is 399 g/mol. The molecule has 9 heteroatoms. The molecule has 0 heterocycles. The summed E-state index contributed by atoms with van der Waals surface area (Å²) < 4.78 is 48.0. The van der Waals surface area contributed by atoms with Crippen LogP contribution in [0, 0.1) is 0 Å². The number of rotatable bonds is 6. The Hall–Kier alpha value is -3.00. The maximum Gasteiger partial charge on any atom is 0.416 e. The molecule has 2 rings (SSSR count). The minimum atomic E-state index is -4.58. The van der Waals surface area contributed by atoms with Crippen molar-refractivity contribution in [2.75, 3.05) is 19.0 Å². The summed E-state index contributed by atoms with van der Waals surface area (Å²) in [7, 11) is 1.51. The fourth-order valence-electron chi connectivity index (χ4n) is 2.08. The van der Waals surface area contributed by atoms with Gasteiger partial charge in [-0.05, 0) is 42.0 Å². The lowest BCUT2D eigenvalue weighted by molar-refractivity contribution is -0.142. The van der Waals surface area contributed by atoms with E-state index in [0.29, 0.717) is 17.4 Å². The van der Waals surface area contributed by atoms with Crippen molar-refractivity contribution < 1.29 is 32.2 Å². The zero-order valence-electron chi connectivity index (χ0n) is 14.5. The number of esters is 1. The van der Waals surface area contributed by atoms with Crippen LogP contribution >= 0.6 is 11.6 Å². The number of nitrogens with one attached hydrogen (secondary N) is 1. The number of halogens is 4. The van der Waals surface area contributed by atoms with Gasteiger partial charge in [0.2, 0.25) is 0 Å². The first kappa shape index (κ1) is 21.3. The predicted octanol–water partition coefficient (Wildman–Crippen LogP) is 4.56. The maximum absolute atomic E-state index is 12.7. The molecule has 0 atom stereocenters. The summed E-state index contributed by atoms with van der Waals surface area (Å²) in [5.74, 6) is -1.02. The van der Waals surface area contributed by atoms with Crippen LogP contribution in [0.25, 0.3) is 6.08 Å². The molecule has 28 heavy (non-hydrogen) atoms. The van der Waals surface area contributed by atoms with Gasteiger partial charge in [-0.25, -0.2) is 4.79 Å². The Labute approximate surface area is 163 Å². The largest absolute Gasteiger partial charge is 0.497 e. The molecule has 0 aromatic heterocycles. The Balaban J connectivity index is 1.91. The summed E-state index contributed by atoms with van der Waals surface area (Å²) in [4.78, 5) is 23.5. The van der Waals surface area contributed by atoms with E-state index in [1.54, 1.807) is 24.3 Å². The van der Waals surface area contributed by atoms with E-state index < -0.39 is 30.2 Å². The zero-order chi connectivity index (χ0) is 20.7. The molecular formula is C19H15ClF3NO4. The highest BCUT2D eigenvalue weighted by molar-refractivity contribution is 6.33. The van der Waals surface area contributed by atoms with Crippen LogP contribution in [0.15, 0.2) is 48.5 Å². The summed E-state index contributed by atoms with van der Waals surface area (Å²) in [5, 5.41) is 2.10. The van der Waals surface area contributed by atoms with Gasteiger partial charge >= 0.3 is 12.1 Å². The lowest BCUT2D eigenvalue weighted by Crippen LogP contribution is -2.20. The predicted molar refractivity (Wildman–Crippen MR) is 98.1 cm³/mol. The monoisotopic (exact) mass is 413 g/mol. The first-order chi connectivity index (χ1) is 13.2. The van der Waals surface area contributed by atoms with Crippen LogP contribution in [-0.2, 0) is 20.5 Å². The maximum atomic E-state index is 12.7. The van der Waals surface area contributed by atoms with Crippen LogP contribution in [0.5, 0.6) is 5.75 Å². The minimum Gasteiger partial charge on any atom is -0.497 e. The highest BCUT2D eigenvalue weighted by Gasteiger charge is 2.31. The summed E-state index contributed by atoms with van der Waals surface area (Å²) in [6.07, 6.45) is -2.01. The van der Waals surface area contributed by atoms with Gasteiger partial charge in [0.1, 0.15) is 5.75 Å². The summed E-state index contributed by atoms with van der Waals surface area (Å²) in [6, 6.07) is 9.39. The van der Waals surface area contributed by atoms with E-state index in [9.17, 15) is 22.8 Å². The van der Waals surface area contributed by atoms with Crippen LogP contribution in [0.2, 0.25) is 5.02 Å². The van der Waals surface area contributed by atoms with Gasteiger partial charge in [-0.2, -0.15) is 13.2 Å². The Morgan fingerprint density at radius 1 is 1.18 bits per heavy atom. The molecule has 0 aliphatic rings. The van der Waals surface area contributed by atoms with Gasteiger partial charge in [-0.1, -0.05) is 23.7 Å². The smallest absolute Gasteiger partial charge is 0.416 e. The van der Waals surface area contributed by atoms with Gasteiger partial charge in [0.05, 0.1) is 23.4 Å². The number of hydrogen-bond acceptors (Lipinski definition) is 4. The number of benzene rings is 2. The lowest BCUT2D eigenvalue weighted by atomic mass is 10.2. The van der Waals surface area contributed by atoms with Crippen molar-refractivity contribution in [2.45, 2.75) is 6.18 Å². The summed E-state index contributed by atoms with van der Waals surface area (Å²) in [5.41, 5.74) is -0.522. The Bertz CT molecular complexity index is 897. The van der Waals surface area contributed by atoms with E-state index in [0.717, 1.165) is 18.2 Å². The van der Waals surface area contributed by atoms with Gasteiger partial charge in [0, 0.05) is 6.08 Å². The second-order valence-electron chi connectivity index (χ2n) is 5.46. The second kappa shape index (κ2) is 9.27.